The van der Waals surface area contributed by atoms with Crippen LogP contribution >= 0.6 is 0 Å². The summed E-state index contributed by atoms with van der Waals surface area (Å²) in [6.45, 7) is 3.01. The number of methoxy groups -OCH3 is 1. The van der Waals surface area contributed by atoms with Gasteiger partial charge in [0.2, 0.25) is 5.91 Å². The number of phenolic OH excluding ortho intramolecular Hbond substituents is 1. The van der Waals surface area contributed by atoms with E-state index in [2.05, 4.69) is 5.32 Å². The highest BCUT2D eigenvalue weighted by Gasteiger charge is 2.72. The molecule has 3 aliphatic rings. The van der Waals surface area contributed by atoms with Crippen LogP contribution in [0.15, 0.2) is 12.1 Å². The molecule has 1 aromatic carbocycles. The van der Waals surface area contributed by atoms with Gasteiger partial charge in [-0.05, 0) is 31.6 Å². The number of carbonyl (C=O) groups excluding carboxylic acids is 5. The standard InChI is InChI=1S/C27H35N3O10/c1-11-12-5-6-13(29-7-8-40-10-9-39-4)20(31)15(12)21(32)16-14(11)22(33)18-19(30(2)3)23(34)17(26(28)37)25(36)27(18,38)24(16)35/h5-6,11,14,16-19,22,29,31,33,38H,7-10H2,1-4H3,(H2,28,37)/t11-,14+,16?,17?,18+,19-,22-,27-/m1/s1. The van der Waals surface area contributed by atoms with Gasteiger partial charge in [0.05, 0.1) is 55.1 Å². The van der Waals surface area contributed by atoms with Crippen LogP contribution in [0.1, 0.15) is 28.8 Å². The summed E-state index contributed by atoms with van der Waals surface area (Å²) in [7, 11) is 4.44. The zero-order valence-electron chi connectivity index (χ0n) is 22.7. The van der Waals surface area contributed by atoms with Gasteiger partial charge in [0.15, 0.2) is 34.7 Å². The number of aromatic hydroxyl groups is 1. The third kappa shape index (κ3) is 4.32. The number of ketones is 4. The summed E-state index contributed by atoms with van der Waals surface area (Å²) < 4.78 is 10.3. The van der Waals surface area contributed by atoms with E-state index in [9.17, 15) is 39.3 Å². The van der Waals surface area contributed by atoms with Crippen molar-refractivity contribution in [1.82, 2.24) is 4.90 Å². The first-order valence-corrected chi connectivity index (χ1v) is 13.0. The number of aliphatic hydroxyl groups excluding tert-OH is 1. The number of rotatable bonds is 9. The van der Waals surface area contributed by atoms with Crippen molar-refractivity contribution in [1.29, 1.82) is 0 Å². The van der Waals surface area contributed by atoms with Crippen LogP contribution in [0.25, 0.3) is 0 Å². The molecule has 0 spiro atoms. The lowest BCUT2D eigenvalue weighted by Gasteiger charge is -2.56. The smallest absolute Gasteiger partial charge is 0.235 e. The van der Waals surface area contributed by atoms with E-state index in [-0.39, 0.29) is 24.4 Å². The number of aliphatic hydroxyl groups is 2. The number of Topliss-reactive ketones (excluding diaryl/α,β-unsaturated/α-hetero) is 4. The van der Waals surface area contributed by atoms with Gasteiger partial charge in [-0.25, -0.2) is 0 Å². The second-order valence-electron chi connectivity index (χ2n) is 10.8. The Hall–Kier alpha value is -3.23. The fourth-order valence-corrected chi connectivity index (χ4v) is 6.63. The quantitative estimate of drug-likeness (QED) is 0.132. The molecule has 40 heavy (non-hydrogen) atoms. The van der Waals surface area contributed by atoms with Crippen molar-refractivity contribution < 1.29 is 48.8 Å². The zero-order chi connectivity index (χ0) is 29.7. The summed E-state index contributed by atoms with van der Waals surface area (Å²) in [5.41, 5.74) is 2.69. The number of fused-ring (bicyclic) bond motifs is 3. The Labute approximate surface area is 230 Å². The molecule has 0 radical (unpaired) electrons. The van der Waals surface area contributed by atoms with Gasteiger partial charge >= 0.3 is 0 Å². The van der Waals surface area contributed by atoms with Crippen molar-refractivity contribution in [3.05, 3.63) is 23.3 Å². The van der Waals surface area contributed by atoms with Gasteiger partial charge in [-0.3, -0.25) is 28.9 Å². The maximum absolute atomic E-state index is 14.0. The number of carbonyl (C=O) groups is 5. The topological polar surface area (TPSA) is 206 Å². The summed E-state index contributed by atoms with van der Waals surface area (Å²) in [6.07, 6.45) is -1.67. The molecule has 1 amide bonds. The van der Waals surface area contributed by atoms with Crippen molar-refractivity contribution in [2.24, 2.45) is 29.4 Å². The minimum Gasteiger partial charge on any atom is -0.505 e. The van der Waals surface area contributed by atoms with Gasteiger partial charge in [-0.15, -0.1) is 0 Å². The molecular weight excluding hydrogens is 526 g/mol. The number of primary amides is 1. The molecule has 0 heterocycles. The van der Waals surface area contributed by atoms with Crippen LogP contribution in [0.4, 0.5) is 5.69 Å². The lowest BCUT2D eigenvalue weighted by Crippen LogP contribution is -2.77. The van der Waals surface area contributed by atoms with E-state index in [1.165, 1.54) is 19.0 Å². The van der Waals surface area contributed by atoms with Crippen LogP contribution < -0.4 is 11.1 Å². The summed E-state index contributed by atoms with van der Waals surface area (Å²) in [5, 5.41) is 37.3. The number of likely N-dealkylation sites (N-methyl/N-ethyl adjacent to an activating group) is 1. The predicted octanol–water partition coefficient (Wildman–Crippen LogP) is -1.53. The Bertz CT molecular complexity index is 1250. The van der Waals surface area contributed by atoms with Crippen LogP contribution in [0.3, 0.4) is 0 Å². The minimum absolute atomic E-state index is 0.170. The molecule has 0 aliphatic heterocycles. The van der Waals surface area contributed by atoms with Crippen molar-refractivity contribution >= 4 is 34.7 Å². The lowest BCUT2D eigenvalue weighted by molar-refractivity contribution is -0.196. The largest absolute Gasteiger partial charge is 0.505 e. The highest BCUT2D eigenvalue weighted by atomic mass is 16.5. The molecule has 3 aliphatic carbocycles. The van der Waals surface area contributed by atoms with Crippen LogP contribution in [-0.4, -0.2) is 115 Å². The monoisotopic (exact) mass is 561 g/mol. The summed E-state index contributed by atoms with van der Waals surface area (Å²) >= 11 is 0. The van der Waals surface area contributed by atoms with Crippen LogP contribution in [0.5, 0.6) is 5.75 Å². The lowest BCUT2D eigenvalue weighted by atomic mass is 9.49. The molecule has 13 heteroatoms. The number of hydrogen-bond donors (Lipinski definition) is 5. The Morgan fingerprint density at radius 2 is 1.80 bits per heavy atom. The first-order valence-electron chi connectivity index (χ1n) is 13.0. The Morgan fingerprint density at radius 3 is 2.40 bits per heavy atom. The second-order valence-corrected chi connectivity index (χ2v) is 10.8. The molecule has 218 valence electrons. The Morgan fingerprint density at radius 1 is 1.12 bits per heavy atom. The number of phenols is 1. The molecule has 2 fully saturated rings. The summed E-state index contributed by atoms with van der Waals surface area (Å²) in [4.78, 5) is 67.8. The van der Waals surface area contributed by atoms with E-state index in [1.54, 1.807) is 26.2 Å². The Balaban J connectivity index is 1.75. The number of nitrogens with two attached hydrogens (primary N) is 1. The number of ether oxygens (including phenoxy) is 2. The molecule has 0 saturated heterocycles. The van der Waals surface area contributed by atoms with E-state index in [4.69, 9.17) is 15.2 Å². The number of benzene rings is 1. The highest BCUT2D eigenvalue weighted by molar-refractivity contribution is 6.32. The third-order valence-electron chi connectivity index (χ3n) is 8.48. The van der Waals surface area contributed by atoms with Gasteiger partial charge in [-0.2, -0.15) is 0 Å². The third-order valence-corrected chi connectivity index (χ3v) is 8.48. The molecular formula is C27H35N3O10. The number of nitrogens with one attached hydrogen (secondary N) is 1. The minimum atomic E-state index is -3.03. The van der Waals surface area contributed by atoms with Gasteiger partial charge < -0.3 is 35.8 Å². The van der Waals surface area contributed by atoms with E-state index < -0.39 is 82.1 Å². The fraction of sp³-hybridized carbons (Fsp3) is 0.593. The van der Waals surface area contributed by atoms with Crippen molar-refractivity contribution in [3.8, 4) is 5.75 Å². The van der Waals surface area contributed by atoms with E-state index in [0.717, 1.165) is 0 Å². The Kier molecular flexibility index (Phi) is 8.16. The van der Waals surface area contributed by atoms with Gasteiger partial charge in [-0.1, -0.05) is 13.0 Å². The second kappa shape index (κ2) is 11.0. The number of hydrogen-bond acceptors (Lipinski definition) is 12. The van der Waals surface area contributed by atoms with Crippen LogP contribution in [0.2, 0.25) is 0 Å². The molecule has 0 bridgehead atoms. The van der Waals surface area contributed by atoms with Crippen molar-refractivity contribution in [3.63, 3.8) is 0 Å². The molecule has 1 aromatic rings. The average molecular weight is 562 g/mol. The summed E-state index contributed by atoms with van der Waals surface area (Å²) in [6, 6.07) is 1.76. The number of amides is 1. The number of nitrogens with zero attached hydrogens (tertiary/aromatic N) is 1. The average Bonchev–Trinajstić information content (AvgIpc) is 2.88. The van der Waals surface area contributed by atoms with Crippen molar-refractivity contribution in [2.75, 3.05) is 52.9 Å². The first-order chi connectivity index (χ1) is 18.8. The SMILES string of the molecule is COCCOCCNc1ccc2c(c1O)C(=O)C1C(=O)[C@@]3(O)C(=O)C(C(N)=O)C(=O)[C@H](N(C)C)[C@H]3[C@H](O)[C@H]1[C@@H]2C. The normalized spacial score (nSPS) is 33.4. The van der Waals surface area contributed by atoms with Gasteiger partial charge in [0.25, 0.3) is 0 Å². The molecule has 6 N–H and O–H groups in total. The first kappa shape index (κ1) is 29.7. The van der Waals surface area contributed by atoms with Crippen LogP contribution in [-0.2, 0) is 28.7 Å². The van der Waals surface area contributed by atoms with Gasteiger partial charge in [0, 0.05) is 19.6 Å². The summed E-state index contributed by atoms with van der Waals surface area (Å²) in [5.74, 6) is -13.5. The fourth-order valence-electron chi connectivity index (χ4n) is 6.63. The van der Waals surface area contributed by atoms with Crippen LogP contribution in [0, 0.1) is 23.7 Å². The van der Waals surface area contributed by atoms with E-state index in [0.29, 0.717) is 18.8 Å². The molecule has 8 atom stereocenters. The highest BCUT2D eigenvalue weighted by Crippen LogP contribution is 2.55. The molecule has 4 rings (SSSR count). The molecule has 0 aromatic heterocycles. The maximum Gasteiger partial charge on any atom is 0.235 e. The van der Waals surface area contributed by atoms with E-state index >= 15 is 0 Å². The van der Waals surface area contributed by atoms with Gasteiger partial charge in [0.1, 0.15) is 5.75 Å². The molecule has 13 nitrogen and oxygen atoms in total. The maximum atomic E-state index is 14.0. The molecule has 2 saturated carbocycles. The predicted molar refractivity (Wildman–Crippen MR) is 139 cm³/mol. The van der Waals surface area contributed by atoms with E-state index in [1.807, 2.05) is 0 Å². The van der Waals surface area contributed by atoms with Crippen molar-refractivity contribution in [2.45, 2.75) is 30.6 Å². The molecule has 2 unspecified atom stereocenters. The number of anilines is 1. The zero-order valence-corrected chi connectivity index (χ0v) is 22.7.